The Morgan fingerprint density at radius 3 is 2.58 bits per heavy atom. The van der Waals surface area contributed by atoms with E-state index in [1.54, 1.807) is 6.07 Å². The number of carboxylic acid groups (broad SMARTS) is 1. The van der Waals surface area contributed by atoms with Crippen molar-refractivity contribution in [1.82, 2.24) is 4.98 Å². The standard InChI is InChI=1S/C19H20FN3O3/c1-12-6-8-23(9-7-12)17-5-3-14(20)10-16(17)22-18(24)13-2-4-15(19(25)26)21-11-13/h2-5,10-12H,6-9H2,1H3,(H,22,24)(H,25,26). The maximum atomic E-state index is 13.7. The molecular weight excluding hydrogens is 337 g/mol. The Morgan fingerprint density at radius 2 is 1.96 bits per heavy atom. The summed E-state index contributed by atoms with van der Waals surface area (Å²) < 4.78 is 13.7. The third-order valence-corrected chi connectivity index (χ3v) is 4.58. The zero-order valence-corrected chi connectivity index (χ0v) is 14.4. The number of amides is 1. The maximum absolute atomic E-state index is 13.7. The lowest BCUT2D eigenvalue weighted by Gasteiger charge is -2.33. The van der Waals surface area contributed by atoms with Gasteiger partial charge in [0.2, 0.25) is 0 Å². The zero-order chi connectivity index (χ0) is 18.7. The van der Waals surface area contributed by atoms with Crippen molar-refractivity contribution in [1.29, 1.82) is 0 Å². The molecule has 1 fully saturated rings. The van der Waals surface area contributed by atoms with Crippen molar-refractivity contribution in [2.75, 3.05) is 23.3 Å². The van der Waals surface area contributed by atoms with Crippen LogP contribution in [-0.4, -0.2) is 35.1 Å². The van der Waals surface area contributed by atoms with Gasteiger partial charge in [-0.15, -0.1) is 0 Å². The number of piperidine rings is 1. The van der Waals surface area contributed by atoms with E-state index in [-0.39, 0.29) is 11.3 Å². The molecule has 0 saturated carbocycles. The van der Waals surface area contributed by atoms with Crippen molar-refractivity contribution in [3.8, 4) is 0 Å². The second-order valence-electron chi connectivity index (χ2n) is 6.52. The van der Waals surface area contributed by atoms with E-state index in [1.807, 2.05) is 0 Å². The van der Waals surface area contributed by atoms with Gasteiger partial charge < -0.3 is 15.3 Å². The first-order chi connectivity index (χ1) is 12.4. The van der Waals surface area contributed by atoms with Gasteiger partial charge in [-0.05, 0) is 49.1 Å². The largest absolute Gasteiger partial charge is 0.477 e. The van der Waals surface area contributed by atoms with E-state index in [0.29, 0.717) is 11.6 Å². The van der Waals surface area contributed by atoms with E-state index in [2.05, 4.69) is 22.1 Å². The number of nitrogens with zero attached hydrogens (tertiary/aromatic N) is 2. The highest BCUT2D eigenvalue weighted by Crippen LogP contribution is 2.31. The molecule has 1 aliphatic heterocycles. The third kappa shape index (κ3) is 3.99. The molecule has 0 bridgehead atoms. The Balaban J connectivity index is 1.81. The van der Waals surface area contributed by atoms with Crippen LogP contribution in [0.5, 0.6) is 0 Å². The highest BCUT2D eigenvalue weighted by Gasteiger charge is 2.20. The number of aromatic nitrogens is 1. The molecule has 1 saturated heterocycles. The van der Waals surface area contributed by atoms with E-state index < -0.39 is 17.7 Å². The molecule has 2 heterocycles. The van der Waals surface area contributed by atoms with Crippen LogP contribution >= 0.6 is 0 Å². The van der Waals surface area contributed by atoms with Crippen LogP contribution in [0.1, 0.15) is 40.6 Å². The smallest absolute Gasteiger partial charge is 0.354 e. The molecule has 0 unspecified atom stereocenters. The van der Waals surface area contributed by atoms with Gasteiger partial charge in [0.05, 0.1) is 16.9 Å². The first-order valence-electron chi connectivity index (χ1n) is 8.49. The highest BCUT2D eigenvalue weighted by atomic mass is 19.1. The zero-order valence-electron chi connectivity index (χ0n) is 14.4. The van der Waals surface area contributed by atoms with Gasteiger partial charge in [0.15, 0.2) is 0 Å². The van der Waals surface area contributed by atoms with Gasteiger partial charge in [0.25, 0.3) is 5.91 Å². The molecule has 1 aromatic carbocycles. The van der Waals surface area contributed by atoms with Gasteiger partial charge in [-0.25, -0.2) is 14.2 Å². The lowest BCUT2D eigenvalue weighted by molar-refractivity contribution is 0.0690. The van der Waals surface area contributed by atoms with Gasteiger partial charge in [0.1, 0.15) is 11.5 Å². The minimum atomic E-state index is -1.16. The Kier molecular flexibility index (Phi) is 5.16. The monoisotopic (exact) mass is 357 g/mol. The number of carbonyl (C=O) groups is 2. The molecule has 1 aromatic heterocycles. The summed E-state index contributed by atoms with van der Waals surface area (Å²) in [4.78, 5) is 29.2. The summed E-state index contributed by atoms with van der Waals surface area (Å²) in [6, 6.07) is 6.99. The normalized spacial score (nSPS) is 14.9. The maximum Gasteiger partial charge on any atom is 0.354 e. The molecule has 3 rings (SSSR count). The second-order valence-corrected chi connectivity index (χ2v) is 6.52. The fourth-order valence-corrected chi connectivity index (χ4v) is 2.98. The Bertz CT molecular complexity index is 815. The molecule has 2 aromatic rings. The van der Waals surface area contributed by atoms with Crippen molar-refractivity contribution >= 4 is 23.3 Å². The number of aromatic carboxylic acids is 1. The summed E-state index contributed by atoms with van der Waals surface area (Å²) in [6.07, 6.45) is 3.29. The summed E-state index contributed by atoms with van der Waals surface area (Å²) in [5.41, 5.74) is 1.24. The van der Waals surface area contributed by atoms with Crippen LogP contribution in [0, 0.1) is 11.7 Å². The number of carboxylic acids is 1. The van der Waals surface area contributed by atoms with E-state index in [9.17, 15) is 14.0 Å². The molecule has 136 valence electrons. The molecule has 0 atom stereocenters. The molecule has 1 amide bonds. The molecule has 0 spiro atoms. The molecular formula is C19H20FN3O3. The number of carbonyl (C=O) groups excluding carboxylic acids is 1. The SMILES string of the molecule is CC1CCN(c2ccc(F)cc2NC(=O)c2ccc(C(=O)O)nc2)CC1. The quantitative estimate of drug-likeness (QED) is 0.876. The van der Waals surface area contributed by atoms with Crippen LogP contribution in [0.25, 0.3) is 0 Å². The van der Waals surface area contributed by atoms with Crippen molar-refractivity contribution in [2.24, 2.45) is 5.92 Å². The summed E-state index contributed by atoms with van der Waals surface area (Å²) in [5.74, 6) is -1.41. The molecule has 6 nitrogen and oxygen atoms in total. The van der Waals surface area contributed by atoms with Crippen molar-refractivity contribution in [2.45, 2.75) is 19.8 Å². The minimum Gasteiger partial charge on any atom is -0.477 e. The average molecular weight is 357 g/mol. The number of halogens is 1. The molecule has 26 heavy (non-hydrogen) atoms. The Labute approximate surface area is 150 Å². The second kappa shape index (κ2) is 7.51. The Hall–Kier alpha value is -2.96. The number of benzene rings is 1. The van der Waals surface area contributed by atoms with Crippen molar-refractivity contribution < 1.29 is 19.1 Å². The number of nitrogens with one attached hydrogen (secondary N) is 1. The summed E-state index contributed by atoms with van der Waals surface area (Å²) >= 11 is 0. The van der Waals surface area contributed by atoms with E-state index >= 15 is 0 Å². The molecule has 2 N–H and O–H groups in total. The van der Waals surface area contributed by atoms with Crippen LogP contribution in [0.15, 0.2) is 36.5 Å². The lowest BCUT2D eigenvalue weighted by atomic mass is 9.98. The average Bonchev–Trinajstić information content (AvgIpc) is 2.63. The van der Waals surface area contributed by atoms with Crippen molar-refractivity contribution in [3.63, 3.8) is 0 Å². The fourth-order valence-electron chi connectivity index (χ4n) is 2.98. The van der Waals surface area contributed by atoms with Gasteiger partial charge in [-0.1, -0.05) is 6.92 Å². The minimum absolute atomic E-state index is 0.143. The predicted molar refractivity (Wildman–Crippen MR) is 96.2 cm³/mol. The number of anilines is 2. The van der Waals surface area contributed by atoms with Gasteiger partial charge >= 0.3 is 5.97 Å². The molecule has 1 aliphatic rings. The van der Waals surface area contributed by atoms with Crippen LogP contribution in [0.3, 0.4) is 0 Å². The van der Waals surface area contributed by atoms with E-state index in [4.69, 9.17) is 5.11 Å². The predicted octanol–water partition coefficient (Wildman–Crippen LogP) is 3.41. The van der Waals surface area contributed by atoms with E-state index in [1.165, 1.54) is 30.5 Å². The first kappa shape index (κ1) is 17.8. The fraction of sp³-hybridized carbons (Fsp3) is 0.316. The van der Waals surface area contributed by atoms with Crippen LogP contribution < -0.4 is 10.2 Å². The summed E-state index contributed by atoms with van der Waals surface area (Å²) in [6.45, 7) is 3.91. The van der Waals surface area contributed by atoms with Gasteiger partial charge in [-0.3, -0.25) is 4.79 Å². The number of hydrogen-bond acceptors (Lipinski definition) is 4. The molecule has 0 radical (unpaired) electrons. The van der Waals surface area contributed by atoms with Crippen LogP contribution in [-0.2, 0) is 0 Å². The topological polar surface area (TPSA) is 82.5 Å². The summed E-state index contributed by atoms with van der Waals surface area (Å²) in [7, 11) is 0. The van der Waals surface area contributed by atoms with Crippen LogP contribution in [0.2, 0.25) is 0 Å². The first-order valence-corrected chi connectivity index (χ1v) is 8.49. The van der Waals surface area contributed by atoms with Gasteiger partial charge in [-0.2, -0.15) is 0 Å². The number of hydrogen-bond donors (Lipinski definition) is 2. The number of pyridine rings is 1. The van der Waals surface area contributed by atoms with Gasteiger partial charge in [0, 0.05) is 19.3 Å². The summed E-state index contributed by atoms with van der Waals surface area (Å²) in [5, 5.41) is 11.6. The van der Waals surface area contributed by atoms with E-state index in [0.717, 1.165) is 31.6 Å². The Morgan fingerprint density at radius 1 is 1.23 bits per heavy atom. The molecule has 0 aliphatic carbocycles. The number of rotatable bonds is 4. The lowest BCUT2D eigenvalue weighted by Crippen LogP contribution is -2.33. The third-order valence-electron chi connectivity index (χ3n) is 4.58. The highest BCUT2D eigenvalue weighted by molar-refractivity contribution is 6.06. The molecule has 7 heteroatoms. The van der Waals surface area contributed by atoms with Crippen molar-refractivity contribution in [3.05, 3.63) is 53.6 Å². The van der Waals surface area contributed by atoms with Crippen LogP contribution in [0.4, 0.5) is 15.8 Å².